The number of ether oxygens (including phenoxy) is 1. The molecule has 1 heterocycles. The maximum atomic E-state index is 13.5. The van der Waals surface area contributed by atoms with Crippen molar-refractivity contribution in [2.45, 2.75) is 11.6 Å². The van der Waals surface area contributed by atoms with Crippen molar-refractivity contribution < 1.29 is 19.2 Å². The van der Waals surface area contributed by atoms with E-state index in [0.717, 1.165) is 0 Å². The van der Waals surface area contributed by atoms with E-state index in [0.29, 0.717) is 22.3 Å². The Kier molecular flexibility index (Phi) is 5.66. The molecular formula is C25H20N2O5. The molecule has 1 aliphatic heterocycles. The first kappa shape index (κ1) is 21.1. The number of nitro groups is 1. The van der Waals surface area contributed by atoms with Crippen molar-refractivity contribution in [1.82, 2.24) is 5.32 Å². The minimum absolute atomic E-state index is 0.0612. The van der Waals surface area contributed by atoms with Crippen LogP contribution in [0.2, 0.25) is 0 Å². The minimum atomic E-state index is -1.39. The van der Waals surface area contributed by atoms with Gasteiger partial charge in [-0.05, 0) is 17.2 Å². The van der Waals surface area contributed by atoms with Gasteiger partial charge in [0.2, 0.25) is 0 Å². The summed E-state index contributed by atoms with van der Waals surface area (Å²) < 4.78 is 5.11. The second-order valence-corrected chi connectivity index (χ2v) is 7.39. The number of hydrogen-bond acceptors (Lipinski definition) is 6. The van der Waals surface area contributed by atoms with E-state index in [1.165, 1.54) is 19.2 Å². The molecule has 0 aromatic heterocycles. The van der Waals surface area contributed by atoms with Crippen molar-refractivity contribution in [3.8, 4) is 0 Å². The van der Waals surface area contributed by atoms with Gasteiger partial charge in [-0.25, -0.2) is 4.79 Å². The second-order valence-electron chi connectivity index (χ2n) is 7.39. The lowest BCUT2D eigenvalue weighted by Crippen LogP contribution is -2.46. The molecule has 0 spiro atoms. The Balaban J connectivity index is 1.87. The quantitative estimate of drug-likeness (QED) is 0.275. The maximum Gasteiger partial charge on any atom is 0.334 e. The molecule has 32 heavy (non-hydrogen) atoms. The van der Waals surface area contributed by atoms with E-state index >= 15 is 0 Å². The average molecular weight is 428 g/mol. The number of nitrogens with zero attached hydrogens (tertiary/aromatic N) is 1. The van der Waals surface area contributed by atoms with E-state index in [1.54, 1.807) is 66.7 Å². The van der Waals surface area contributed by atoms with Gasteiger partial charge < -0.3 is 4.74 Å². The number of hydrogen-bond donors (Lipinski definition) is 1. The van der Waals surface area contributed by atoms with Crippen molar-refractivity contribution in [2.75, 3.05) is 7.11 Å². The molecule has 0 amide bonds. The van der Waals surface area contributed by atoms with Crippen molar-refractivity contribution in [3.63, 3.8) is 0 Å². The van der Waals surface area contributed by atoms with Gasteiger partial charge in [0.05, 0.1) is 18.1 Å². The van der Waals surface area contributed by atoms with Gasteiger partial charge in [0.15, 0.2) is 11.3 Å². The monoisotopic (exact) mass is 428 g/mol. The summed E-state index contributed by atoms with van der Waals surface area (Å²) in [5, 5.41) is 14.3. The normalized spacial score (nSPS) is 19.8. The van der Waals surface area contributed by atoms with Crippen LogP contribution in [0.5, 0.6) is 0 Å². The molecule has 0 bridgehead atoms. The van der Waals surface area contributed by atoms with Crippen LogP contribution in [-0.2, 0) is 15.1 Å². The highest BCUT2D eigenvalue weighted by Crippen LogP contribution is 2.41. The van der Waals surface area contributed by atoms with Crippen LogP contribution in [0.15, 0.2) is 96.6 Å². The summed E-state index contributed by atoms with van der Waals surface area (Å²) >= 11 is 0. The summed E-state index contributed by atoms with van der Waals surface area (Å²) in [6.45, 7) is 0. The van der Waals surface area contributed by atoms with Crippen LogP contribution < -0.4 is 5.32 Å². The molecule has 160 valence electrons. The number of carbonyl (C=O) groups is 2. The number of nitro benzene ring substituents is 1. The van der Waals surface area contributed by atoms with E-state index in [2.05, 4.69) is 5.32 Å². The fourth-order valence-corrected chi connectivity index (χ4v) is 3.93. The standard InChI is InChI=1S/C25H20N2O5/c1-32-24(29)25(19-10-6-3-7-11-19)16-21(23(28)18-8-4-2-5-9-18)22(26-25)17-12-14-20(15-13-17)27(30)31/h2-16,22,26H,1H3/t22-,25+/m0/s1. The highest BCUT2D eigenvalue weighted by molar-refractivity contribution is 6.11. The van der Waals surface area contributed by atoms with Gasteiger partial charge in [-0.3, -0.25) is 20.2 Å². The summed E-state index contributed by atoms with van der Waals surface area (Å²) in [6.07, 6.45) is 1.61. The van der Waals surface area contributed by atoms with E-state index in [1.807, 2.05) is 12.1 Å². The van der Waals surface area contributed by atoms with Gasteiger partial charge >= 0.3 is 5.97 Å². The molecule has 2 atom stereocenters. The van der Waals surface area contributed by atoms with Gasteiger partial charge in [-0.2, -0.15) is 0 Å². The van der Waals surface area contributed by atoms with Gasteiger partial charge in [0.1, 0.15) is 0 Å². The number of ketones is 1. The number of benzene rings is 3. The first-order chi connectivity index (χ1) is 15.5. The maximum absolute atomic E-state index is 13.5. The number of methoxy groups -OCH3 is 1. The molecule has 7 nitrogen and oxygen atoms in total. The molecule has 0 saturated heterocycles. The summed E-state index contributed by atoms with van der Waals surface area (Å²) in [4.78, 5) is 37.1. The van der Waals surface area contributed by atoms with Crippen LogP contribution in [0.4, 0.5) is 5.69 Å². The van der Waals surface area contributed by atoms with Gasteiger partial charge in [0.25, 0.3) is 5.69 Å². The van der Waals surface area contributed by atoms with Crippen LogP contribution >= 0.6 is 0 Å². The molecule has 3 aromatic carbocycles. The molecule has 0 radical (unpaired) electrons. The molecule has 0 aliphatic carbocycles. The van der Waals surface area contributed by atoms with E-state index in [-0.39, 0.29) is 11.5 Å². The van der Waals surface area contributed by atoms with Crippen molar-refractivity contribution in [1.29, 1.82) is 0 Å². The summed E-state index contributed by atoms with van der Waals surface area (Å²) in [5.74, 6) is -0.811. The Morgan fingerprint density at radius 3 is 2.09 bits per heavy atom. The summed E-state index contributed by atoms with van der Waals surface area (Å²) in [5.41, 5.74) is 0.624. The number of rotatable bonds is 6. The fourth-order valence-electron chi connectivity index (χ4n) is 3.93. The molecule has 0 saturated carbocycles. The van der Waals surface area contributed by atoms with Crippen LogP contribution in [0.1, 0.15) is 27.5 Å². The molecular weight excluding hydrogens is 408 g/mol. The summed E-state index contributed by atoms with van der Waals surface area (Å²) in [6, 6.07) is 23.0. The first-order valence-electron chi connectivity index (χ1n) is 9.95. The van der Waals surface area contributed by atoms with E-state index in [9.17, 15) is 19.7 Å². The van der Waals surface area contributed by atoms with Crippen LogP contribution in [-0.4, -0.2) is 23.8 Å². The molecule has 1 aliphatic rings. The van der Waals surface area contributed by atoms with E-state index in [4.69, 9.17) is 4.74 Å². The van der Waals surface area contributed by atoms with Gasteiger partial charge in [-0.1, -0.05) is 72.8 Å². The molecule has 3 aromatic rings. The molecule has 1 N–H and O–H groups in total. The van der Waals surface area contributed by atoms with Gasteiger partial charge in [-0.15, -0.1) is 0 Å². The Hall–Kier alpha value is -4.10. The number of carbonyl (C=O) groups excluding carboxylic acids is 2. The van der Waals surface area contributed by atoms with Crippen molar-refractivity contribution in [2.24, 2.45) is 0 Å². The summed E-state index contributed by atoms with van der Waals surface area (Å²) in [7, 11) is 1.29. The zero-order chi connectivity index (χ0) is 22.7. The van der Waals surface area contributed by atoms with E-state index < -0.39 is 22.5 Å². The largest absolute Gasteiger partial charge is 0.467 e. The molecule has 4 rings (SSSR count). The highest BCUT2D eigenvalue weighted by atomic mass is 16.6. The number of esters is 1. The highest BCUT2D eigenvalue weighted by Gasteiger charge is 2.48. The van der Waals surface area contributed by atoms with Crippen LogP contribution in [0, 0.1) is 10.1 Å². The Labute approximate surface area is 184 Å². The average Bonchev–Trinajstić information content (AvgIpc) is 3.26. The SMILES string of the molecule is COC(=O)[C@]1(c2ccccc2)C=C(C(=O)c2ccccc2)[C@H](c2ccc([N+](=O)[O-])cc2)N1. The number of nitrogens with one attached hydrogen (secondary N) is 1. The fraction of sp³-hybridized carbons (Fsp3) is 0.120. The zero-order valence-electron chi connectivity index (χ0n) is 17.2. The second kappa shape index (κ2) is 8.56. The number of Topliss-reactive ketones (excluding diaryl/α,β-unsaturated/α-hetero) is 1. The lowest BCUT2D eigenvalue weighted by Gasteiger charge is -2.28. The Morgan fingerprint density at radius 2 is 1.53 bits per heavy atom. The Morgan fingerprint density at radius 1 is 0.938 bits per heavy atom. The lowest BCUT2D eigenvalue weighted by atomic mass is 9.89. The topological polar surface area (TPSA) is 98.5 Å². The smallest absolute Gasteiger partial charge is 0.334 e. The van der Waals surface area contributed by atoms with Gasteiger partial charge in [0, 0.05) is 23.3 Å². The molecule has 7 heteroatoms. The third-order valence-electron chi connectivity index (χ3n) is 5.53. The number of non-ortho nitro benzene ring substituents is 1. The third-order valence-corrected chi connectivity index (χ3v) is 5.53. The predicted molar refractivity (Wildman–Crippen MR) is 118 cm³/mol. The molecule has 0 fully saturated rings. The van der Waals surface area contributed by atoms with Crippen LogP contribution in [0.3, 0.4) is 0 Å². The first-order valence-corrected chi connectivity index (χ1v) is 9.95. The van der Waals surface area contributed by atoms with Crippen molar-refractivity contribution in [3.05, 3.63) is 123 Å². The van der Waals surface area contributed by atoms with Crippen LogP contribution in [0.25, 0.3) is 0 Å². The molecule has 0 unspecified atom stereocenters. The predicted octanol–water partition coefficient (Wildman–Crippen LogP) is 4.12. The van der Waals surface area contributed by atoms with Crippen molar-refractivity contribution >= 4 is 17.4 Å². The minimum Gasteiger partial charge on any atom is -0.467 e. The Bertz CT molecular complexity index is 1190. The lowest BCUT2D eigenvalue weighted by molar-refractivity contribution is -0.384. The third kappa shape index (κ3) is 3.70. The zero-order valence-corrected chi connectivity index (χ0v) is 17.2.